The number of rotatable bonds is 2. The average Bonchev–Trinajstić information content (AvgIpc) is 2.92. The first-order valence-corrected chi connectivity index (χ1v) is 7.00. The molecule has 0 aliphatic carbocycles. The van der Waals surface area contributed by atoms with Gasteiger partial charge >= 0.3 is 0 Å². The van der Waals surface area contributed by atoms with E-state index in [0.29, 0.717) is 6.10 Å². The SMILES string of the molecule is COC(C)C.Cc1nccc(-c2c[nH]c3ccccc23)n1.[HH]. The van der Waals surface area contributed by atoms with E-state index in [1.54, 1.807) is 13.3 Å². The number of aromatic nitrogens is 3. The minimum atomic E-state index is 0. The van der Waals surface area contributed by atoms with Crippen LogP contribution < -0.4 is 0 Å². The first kappa shape index (κ1) is 15.2. The van der Waals surface area contributed by atoms with Gasteiger partial charge < -0.3 is 9.72 Å². The van der Waals surface area contributed by atoms with Gasteiger partial charge in [0, 0.05) is 37.4 Å². The van der Waals surface area contributed by atoms with Crippen LogP contribution in [0.15, 0.2) is 42.7 Å². The zero-order valence-corrected chi connectivity index (χ0v) is 12.9. The molecule has 4 nitrogen and oxygen atoms in total. The van der Waals surface area contributed by atoms with Crippen molar-refractivity contribution in [1.29, 1.82) is 0 Å². The molecule has 0 unspecified atom stereocenters. The predicted octanol–water partition coefficient (Wildman–Crippen LogP) is 4.22. The van der Waals surface area contributed by atoms with Gasteiger partial charge in [0.15, 0.2) is 0 Å². The molecule has 0 radical (unpaired) electrons. The van der Waals surface area contributed by atoms with Crippen LogP contribution in [0.2, 0.25) is 0 Å². The van der Waals surface area contributed by atoms with Crippen LogP contribution >= 0.6 is 0 Å². The fourth-order valence-corrected chi connectivity index (χ4v) is 1.89. The summed E-state index contributed by atoms with van der Waals surface area (Å²) < 4.78 is 4.75. The maximum atomic E-state index is 4.75. The van der Waals surface area contributed by atoms with Crippen LogP contribution in [0.3, 0.4) is 0 Å². The number of benzene rings is 1. The summed E-state index contributed by atoms with van der Waals surface area (Å²) in [4.78, 5) is 11.8. The lowest BCUT2D eigenvalue weighted by atomic mass is 10.1. The van der Waals surface area contributed by atoms with E-state index in [9.17, 15) is 0 Å². The van der Waals surface area contributed by atoms with Gasteiger partial charge in [0.25, 0.3) is 0 Å². The molecular formula is C17H23N3O. The zero-order chi connectivity index (χ0) is 15.2. The van der Waals surface area contributed by atoms with Gasteiger partial charge in [0.2, 0.25) is 0 Å². The highest BCUT2D eigenvalue weighted by atomic mass is 16.5. The van der Waals surface area contributed by atoms with Gasteiger partial charge in [-0.1, -0.05) is 18.2 Å². The Kier molecular flexibility index (Phi) is 5.06. The highest BCUT2D eigenvalue weighted by Crippen LogP contribution is 2.26. The smallest absolute Gasteiger partial charge is 0.125 e. The Balaban J connectivity index is 0.000000356. The van der Waals surface area contributed by atoms with Gasteiger partial charge in [-0.05, 0) is 32.9 Å². The lowest BCUT2D eigenvalue weighted by Crippen LogP contribution is -1.94. The third kappa shape index (κ3) is 3.89. The van der Waals surface area contributed by atoms with Crippen molar-refractivity contribution in [3.05, 3.63) is 48.5 Å². The molecule has 3 aromatic rings. The molecule has 0 spiro atoms. The van der Waals surface area contributed by atoms with E-state index >= 15 is 0 Å². The average molecular weight is 285 g/mol. The van der Waals surface area contributed by atoms with Crippen molar-refractivity contribution in [3.8, 4) is 11.3 Å². The minimum Gasteiger partial charge on any atom is -0.382 e. The van der Waals surface area contributed by atoms with Gasteiger partial charge in [-0.15, -0.1) is 0 Å². The Morgan fingerprint density at radius 1 is 1.19 bits per heavy atom. The molecule has 112 valence electrons. The summed E-state index contributed by atoms with van der Waals surface area (Å²) in [6, 6.07) is 10.1. The standard InChI is InChI=1S/C13H11N3.C4H10O.H2/c1-9-14-7-6-13(16-9)11-8-15-12-5-3-2-4-10(11)12;1-4(2)5-3;/h2-8,15H,1H3;4H,1-3H3;1H. The molecular weight excluding hydrogens is 262 g/mol. The maximum absolute atomic E-state index is 4.75. The topological polar surface area (TPSA) is 50.8 Å². The fraction of sp³-hybridized carbons (Fsp3) is 0.294. The molecule has 0 bridgehead atoms. The second-order valence-corrected chi connectivity index (χ2v) is 5.02. The highest BCUT2D eigenvalue weighted by molar-refractivity contribution is 5.94. The molecule has 0 amide bonds. The van der Waals surface area contributed by atoms with Crippen LogP contribution in [-0.4, -0.2) is 28.2 Å². The van der Waals surface area contributed by atoms with Gasteiger partial charge in [-0.2, -0.15) is 0 Å². The normalized spacial score (nSPS) is 10.5. The van der Waals surface area contributed by atoms with Gasteiger partial charge in [-0.3, -0.25) is 0 Å². The Morgan fingerprint density at radius 3 is 2.57 bits per heavy atom. The van der Waals surface area contributed by atoms with Crippen molar-refractivity contribution in [2.45, 2.75) is 26.9 Å². The Bertz CT molecular complexity index is 710. The number of hydrogen-bond donors (Lipinski definition) is 1. The number of aryl methyl sites for hydroxylation is 1. The number of ether oxygens (including phenoxy) is 1. The van der Waals surface area contributed by atoms with Crippen molar-refractivity contribution in [1.82, 2.24) is 15.0 Å². The molecule has 0 fully saturated rings. The quantitative estimate of drug-likeness (QED) is 0.767. The Labute approximate surface area is 126 Å². The molecule has 21 heavy (non-hydrogen) atoms. The van der Waals surface area contributed by atoms with Crippen LogP contribution in [0.5, 0.6) is 0 Å². The second kappa shape index (κ2) is 6.99. The predicted molar refractivity (Wildman–Crippen MR) is 88.3 cm³/mol. The van der Waals surface area contributed by atoms with Gasteiger partial charge in [-0.25, -0.2) is 9.97 Å². The Hall–Kier alpha value is -2.20. The summed E-state index contributed by atoms with van der Waals surface area (Å²) in [6.45, 7) is 5.90. The van der Waals surface area contributed by atoms with Crippen molar-refractivity contribution in [2.75, 3.05) is 7.11 Å². The summed E-state index contributed by atoms with van der Waals surface area (Å²) in [5, 5.41) is 1.20. The molecule has 0 aliphatic heterocycles. The fourth-order valence-electron chi connectivity index (χ4n) is 1.89. The molecule has 2 heterocycles. The van der Waals surface area contributed by atoms with E-state index < -0.39 is 0 Å². The van der Waals surface area contributed by atoms with E-state index in [1.165, 1.54) is 5.39 Å². The summed E-state index contributed by atoms with van der Waals surface area (Å²) in [5.41, 5.74) is 3.22. The van der Waals surface area contributed by atoms with Gasteiger partial charge in [0.05, 0.1) is 11.8 Å². The van der Waals surface area contributed by atoms with Crippen LogP contribution in [0.25, 0.3) is 22.2 Å². The Morgan fingerprint density at radius 2 is 1.90 bits per heavy atom. The first-order valence-electron chi connectivity index (χ1n) is 7.00. The molecule has 0 saturated heterocycles. The van der Waals surface area contributed by atoms with E-state index in [0.717, 1.165) is 22.6 Å². The van der Waals surface area contributed by atoms with Crippen molar-refractivity contribution < 1.29 is 6.16 Å². The van der Waals surface area contributed by atoms with E-state index in [4.69, 9.17) is 4.74 Å². The van der Waals surface area contributed by atoms with Crippen molar-refractivity contribution in [2.24, 2.45) is 0 Å². The molecule has 0 atom stereocenters. The molecule has 3 rings (SSSR count). The summed E-state index contributed by atoms with van der Waals surface area (Å²) in [5.74, 6) is 0.794. The molecule has 0 saturated carbocycles. The second-order valence-electron chi connectivity index (χ2n) is 5.02. The molecule has 4 heteroatoms. The molecule has 1 N–H and O–H groups in total. The first-order chi connectivity index (χ1) is 10.1. The number of para-hydroxylation sites is 1. The number of H-pyrrole nitrogens is 1. The minimum absolute atomic E-state index is 0. The number of hydrogen-bond acceptors (Lipinski definition) is 3. The summed E-state index contributed by atoms with van der Waals surface area (Å²) >= 11 is 0. The van der Waals surface area contributed by atoms with E-state index in [2.05, 4.69) is 27.1 Å². The lowest BCUT2D eigenvalue weighted by Gasteiger charge is -1.99. The van der Waals surface area contributed by atoms with Crippen LogP contribution in [-0.2, 0) is 4.74 Å². The summed E-state index contributed by atoms with van der Waals surface area (Å²) in [6.07, 6.45) is 4.17. The maximum Gasteiger partial charge on any atom is 0.125 e. The monoisotopic (exact) mass is 285 g/mol. The third-order valence-corrected chi connectivity index (χ3v) is 3.11. The summed E-state index contributed by atoms with van der Waals surface area (Å²) in [7, 11) is 1.70. The van der Waals surface area contributed by atoms with Gasteiger partial charge in [0.1, 0.15) is 5.82 Å². The largest absolute Gasteiger partial charge is 0.382 e. The van der Waals surface area contributed by atoms with E-state index in [-0.39, 0.29) is 1.43 Å². The molecule has 2 aromatic heterocycles. The number of aromatic amines is 1. The van der Waals surface area contributed by atoms with E-state index in [1.807, 2.05) is 45.2 Å². The number of nitrogens with zero attached hydrogens (tertiary/aromatic N) is 2. The molecule has 1 aromatic carbocycles. The molecule has 0 aliphatic rings. The van der Waals surface area contributed by atoms with Crippen molar-refractivity contribution in [3.63, 3.8) is 0 Å². The zero-order valence-electron chi connectivity index (χ0n) is 12.9. The van der Waals surface area contributed by atoms with Crippen LogP contribution in [0.1, 0.15) is 21.1 Å². The van der Waals surface area contributed by atoms with Crippen LogP contribution in [0.4, 0.5) is 0 Å². The van der Waals surface area contributed by atoms with Crippen molar-refractivity contribution >= 4 is 10.9 Å². The number of nitrogens with one attached hydrogen (secondary N) is 1. The number of methoxy groups -OCH3 is 1. The van der Waals surface area contributed by atoms with Crippen LogP contribution in [0, 0.1) is 6.92 Å². The highest BCUT2D eigenvalue weighted by Gasteiger charge is 2.06. The lowest BCUT2D eigenvalue weighted by molar-refractivity contribution is 0.134. The third-order valence-electron chi connectivity index (χ3n) is 3.11. The number of fused-ring (bicyclic) bond motifs is 1.